The van der Waals surface area contributed by atoms with Crippen LogP contribution in [0.4, 0.5) is 0 Å². The van der Waals surface area contributed by atoms with E-state index in [1.165, 1.54) is 11.3 Å². The Morgan fingerprint density at radius 2 is 1.85 bits per heavy atom. The van der Waals surface area contributed by atoms with Crippen molar-refractivity contribution in [1.82, 2.24) is 15.0 Å². The zero-order valence-corrected chi connectivity index (χ0v) is 19.5. The SMILES string of the molecule is COc1ccc(-c2noc(CCN(C(=O)c3cccs3)[C@H](C)c3ccccc3)n2)cc1OC. The van der Waals surface area contributed by atoms with Crippen molar-refractivity contribution in [1.29, 1.82) is 0 Å². The molecule has 0 radical (unpaired) electrons. The van der Waals surface area contributed by atoms with E-state index in [-0.39, 0.29) is 11.9 Å². The number of benzene rings is 2. The zero-order chi connectivity index (χ0) is 23.2. The number of aromatic nitrogens is 2. The van der Waals surface area contributed by atoms with Gasteiger partial charge in [0.05, 0.1) is 25.1 Å². The molecule has 2 aromatic carbocycles. The second-order valence-corrected chi connectivity index (χ2v) is 8.34. The first-order valence-electron chi connectivity index (χ1n) is 10.5. The van der Waals surface area contributed by atoms with Crippen molar-refractivity contribution in [3.8, 4) is 22.9 Å². The largest absolute Gasteiger partial charge is 0.493 e. The Bertz CT molecular complexity index is 1190. The van der Waals surface area contributed by atoms with Gasteiger partial charge in [-0.25, -0.2) is 0 Å². The lowest BCUT2D eigenvalue weighted by molar-refractivity contribution is 0.0694. The Hall–Kier alpha value is -3.65. The molecule has 0 N–H and O–H groups in total. The number of hydrogen-bond donors (Lipinski definition) is 0. The van der Waals surface area contributed by atoms with Gasteiger partial charge < -0.3 is 18.9 Å². The third-order valence-electron chi connectivity index (χ3n) is 5.42. The van der Waals surface area contributed by atoms with Crippen molar-refractivity contribution in [3.63, 3.8) is 0 Å². The van der Waals surface area contributed by atoms with Crippen LogP contribution in [0, 0.1) is 0 Å². The van der Waals surface area contributed by atoms with Gasteiger partial charge in [-0.05, 0) is 42.1 Å². The summed E-state index contributed by atoms with van der Waals surface area (Å²) >= 11 is 1.44. The molecule has 170 valence electrons. The molecule has 2 aromatic heterocycles. The summed E-state index contributed by atoms with van der Waals surface area (Å²) in [4.78, 5) is 20.3. The van der Waals surface area contributed by atoms with Gasteiger partial charge in [-0.2, -0.15) is 4.98 Å². The summed E-state index contributed by atoms with van der Waals surface area (Å²) in [6.45, 7) is 2.48. The van der Waals surface area contributed by atoms with Gasteiger partial charge >= 0.3 is 0 Å². The summed E-state index contributed by atoms with van der Waals surface area (Å²) in [6.07, 6.45) is 0.439. The lowest BCUT2D eigenvalue weighted by atomic mass is 10.1. The Kier molecular flexibility index (Phi) is 7.04. The van der Waals surface area contributed by atoms with Crippen molar-refractivity contribution in [2.75, 3.05) is 20.8 Å². The summed E-state index contributed by atoms with van der Waals surface area (Å²) in [5, 5.41) is 6.02. The van der Waals surface area contributed by atoms with Gasteiger partial charge in [0.2, 0.25) is 11.7 Å². The highest BCUT2D eigenvalue weighted by molar-refractivity contribution is 7.12. The fraction of sp³-hybridized carbons (Fsp3) is 0.240. The first-order valence-corrected chi connectivity index (χ1v) is 11.4. The van der Waals surface area contributed by atoms with E-state index in [4.69, 9.17) is 14.0 Å². The fourth-order valence-electron chi connectivity index (χ4n) is 3.59. The van der Waals surface area contributed by atoms with Crippen molar-refractivity contribution in [3.05, 3.63) is 82.4 Å². The number of amides is 1. The highest BCUT2D eigenvalue weighted by Gasteiger charge is 2.24. The molecule has 2 heterocycles. The number of methoxy groups -OCH3 is 2. The molecular formula is C25H25N3O4S. The fourth-order valence-corrected chi connectivity index (χ4v) is 4.27. The van der Waals surface area contributed by atoms with Crippen LogP contribution in [0.3, 0.4) is 0 Å². The first kappa shape index (κ1) is 22.5. The van der Waals surface area contributed by atoms with Crippen LogP contribution in [0.15, 0.2) is 70.6 Å². The normalized spacial score (nSPS) is 11.7. The molecule has 4 rings (SSSR count). The van der Waals surface area contributed by atoms with Gasteiger partial charge in [0.1, 0.15) is 0 Å². The van der Waals surface area contributed by atoms with Crippen molar-refractivity contribution < 1.29 is 18.8 Å². The second kappa shape index (κ2) is 10.3. The van der Waals surface area contributed by atoms with Crippen LogP contribution >= 0.6 is 11.3 Å². The van der Waals surface area contributed by atoms with Gasteiger partial charge in [-0.3, -0.25) is 4.79 Å². The average Bonchev–Trinajstić information content (AvgIpc) is 3.57. The predicted octanol–water partition coefficient (Wildman–Crippen LogP) is 5.26. The zero-order valence-electron chi connectivity index (χ0n) is 18.7. The van der Waals surface area contributed by atoms with Gasteiger partial charge in [-0.15, -0.1) is 11.3 Å². The summed E-state index contributed by atoms with van der Waals surface area (Å²) in [5.74, 6) is 2.12. The minimum Gasteiger partial charge on any atom is -0.493 e. The highest BCUT2D eigenvalue weighted by Crippen LogP contribution is 2.31. The first-order chi connectivity index (χ1) is 16.1. The standard InChI is InChI=1S/C25H25N3O4S/c1-17(18-8-5-4-6-9-18)28(25(29)22-10-7-15-33-22)14-13-23-26-24(27-32-23)19-11-12-20(30-2)21(16-19)31-3/h4-12,15-17H,13-14H2,1-3H3/t17-/m1/s1. The van der Waals surface area contributed by atoms with Crippen LogP contribution in [0.25, 0.3) is 11.4 Å². The van der Waals surface area contributed by atoms with Gasteiger partial charge in [0.25, 0.3) is 5.91 Å². The van der Waals surface area contributed by atoms with E-state index in [9.17, 15) is 4.79 Å². The van der Waals surface area contributed by atoms with E-state index in [1.807, 2.05) is 65.7 Å². The van der Waals surface area contributed by atoms with E-state index in [2.05, 4.69) is 10.1 Å². The lowest BCUT2D eigenvalue weighted by Gasteiger charge is -2.29. The molecule has 0 aliphatic rings. The van der Waals surface area contributed by atoms with Gasteiger partial charge in [0, 0.05) is 18.5 Å². The Morgan fingerprint density at radius 1 is 1.06 bits per heavy atom. The van der Waals surface area contributed by atoms with E-state index in [0.717, 1.165) is 11.1 Å². The maximum Gasteiger partial charge on any atom is 0.264 e. The summed E-state index contributed by atoms with van der Waals surface area (Å²) in [5.41, 5.74) is 1.82. The van der Waals surface area contributed by atoms with E-state index in [1.54, 1.807) is 26.4 Å². The van der Waals surface area contributed by atoms with Crippen LogP contribution in [-0.4, -0.2) is 41.7 Å². The minimum absolute atomic E-state index is 0.0130. The Balaban J connectivity index is 1.53. The number of thiophene rings is 1. The molecule has 4 aromatic rings. The number of rotatable bonds is 9. The molecule has 0 spiro atoms. The topological polar surface area (TPSA) is 77.7 Å². The molecule has 8 heteroatoms. The summed E-state index contributed by atoms with van der Waals surface area (Å²) in [6, 6.07) is 19.1. The maximum atomic E-state index is 13.2. The molecule has 33 heavy (non-hydrogen) atoms. The Morgan fingerprint density at radius 3 is 2.55 bits per heavy atom. The van der Waals surface area contributed by atoms with Crippen LogP contribution in [-0.2, 0) is 6.42 Å². The molecule has 0 saturated carbocycles. The smallest absolute Gasteiger partial charge is 0.264 e. The number of ether oxygens (including phenoxy) is 2. The minimum atomic E-state index is -0.103. The van der Waals surface area contributed by atoms with Crippen molar-refractivity contribution >= 4 is 17.2 Å². The molecule has 7 nitrogen and oxygen atoms in total. The van der Waals surface area contributed by atoms with Crippen molar-refractivity contribution in [2.45, 2.75) is 19.4 Å². The predicted molar refractivity (Wildman–Crippen MR) is 127 cm³/mol. The monoisotopic (exact) mass is 463 g/mol. The number of carbonyl (C=O) groups is 1. The van der Waals surface area contributed by atoms with Crippen LogP contribution in [0.2, 0.25) is 0 Å². The average molecular weight is 464 g/mol. The molecule has 0 unspecified atom stereocenters. The quantitative estimate of drug-likeness (QED) is 0.337. The molecule has 1 amide bonds. The maximum absolute atomic E-state index is 13.2. The molecular weight excluding hydrogens is 438 g/mol. The number of nitrogens with zero attached hydrogens (tertiary/aromatic N) is 3. The van der Waals surface area contributed by atoms with Gasteiger partial charge in [-0.1, -0.05) is 41.6 Å². The molecule has 0 bridgehead atoms. The molecule has 1 atom stereocenters. The molecule has 0 aliphatic carbocycles. The summed E-state index contributed by atoms with van der Waals surface area (Å²) in [7, 11) is 3.17. The van der Waals surface area contributed by atoms with Crippen LogP contribution in [0.5, 0.6) is 11.5 Å². The van der Waals surface area contributed by atoms with E-state index in [0.29, 0.717) is 41.1 Å². The highest BCUT2D eigenvalue weighted by atomic mass is 32.1. The third-order valence-corrected chi connectivity index (χ3v) is 6.28. The molecule has 0 aliphatic heterocycles. The third kappa shape index (κ3) is 5.06. The van der Waals surface area contributed by atoms with Crippen molar-refractivity contribution in [2.24, 2.45) is 0 Å². The second-order valence-electron chi connectivity index (χ2n) is 7.39. The van der Waals surface area contributed by atoms with Gasteiger partial charge in [0.15, 0.2) is 11.5 Å². The van der Waals surface area contributed by atoms with Crippen LogP contribution in [0.1, 0.15) is 34.1 Å². The molecule has 0 fully saturated rings. The molecule has 0 saturated heterocycles. The van der Waals surface area contributed by atoms with E-state index >= 15 is 0 Å². The lowest BCUT2D eigenvalue weighted by Crippen LogP contribution is -2.35. The summed E-state index contributed by atoms with van der Waals surface area (Å²) < 4.78 is 16.1. The number of carbonyl (C=O) groups excluding carboxylic acids is 1. The van der Waals surface area contributed by atoms with E-state index < -0.39 is 0 Å². The van der Waals surface area contributed by atoms with Crippen LogP contribution < -0.4 is 9.47 Å². The Labute approximate surface area is 196 Å². The number of hydrogen-bond acceptors (Lipinski definition) is 7.